The zero-order chi connectivity index (χ0) is 26.6. The second kappa shape index (κ2) is 9.39. The van der Waals surface area contributed by atoms with Crippen molar-refractivity contribution < 1.29 is 47.2 Å². The van der Waals surface area contributed by atoms with Crippen LogP contribution in [0, 0.1) is 22.7 Å². The zero-order valence-corrected chi connectivity index (χ0v) is 22.0. The van der Waals surface area contributed by atoms with Crippen molar-refractivity contribution in [2.45, 2.75) is 83.6 Å². The fourth-order valence-electron chi connectivity index (χ4n) is 7.93. The van der Waals surface area contributed by atoms with Gasteiger partial charge in [0.2, 0.25) is 0 Å². The Hall–Kier alpha value is -2.43. The SMILES string of the molecule is CO[C@@H]1O[C@H](c2ccoc2)C[C@]12[C@H](C)C[C@H](OC(C)=O)[C@]1(COC(C)=O)[C@@H]2CC[C@H](OC(C)=O)[C@]12CO2. The summed E-state index contributed by atoms with van der Waals surface area (Å²) < 4.78 is 41.6. The summed E-state index contributed by atoms with van der Waals surface area (Å²) in [5.41, 5.74) is -1.53. The van der Waals surface area contributed by atoms with Crippen molar-refractivity contribution >= 4 is 17.9 Å². The Balaban J connectivity index is 1.67. The van der Waals surface area contributed by atoms with E-state index in [1.54, 1.807) is 19.6 Å². The highest BCUT2D eigenvalue weighted by Gasteiger charge is 2.81. The van der Waals surface area contributed by atoms with Gasteiger partial charge in [-0.05, 0) is 43.6 Å². The summed E-state index contributed by atoms with van der Waals surface area (Å²) in [7, 11) is 1.64. The minimum atomic E-state index is -0.972. The Bertz CT molecular complexity index is 1030. The molecule has 0 aromatic carbocycles. The first-order valence-electron chi connectivity index (χ1n) is 12.9. The number of epoxide rings is 1. The largest absolute Gasteiger partial charge is 0.472 e. The molecule has 10 nitrogen and oxygen atoms in total. The van der Waals surface area contributed by atoms with E-state index in [1.165, 1.54) is 20.8 Å². The molecule has 9 atom stereocenters. The molecule has 4 fully saturated rings. The van der Waals surface area contributed by atoms with E-state index < -0.39 is 52.8 Å². The number of esters is 3. The second-order valence-electron chi connectivity index (χ2n) is 11.0. The molecule has 1 aromatic heterocycles. The average Bonchev–Trinajstić information content (AvgIpc) is 3.26. The van der Waals surface area contributed by atoms with Crippen molar-refractivity contribution in [3.63, 3.8) is 0 Å². The number of ether oxygens (including phenoxy) is 6. The van der Waals surface area contributed by atoms with Crippen LogP contribution in [0.5, 0.6) is 0 Å². The van der Waals surface area contributed by atoms with Crippen LogP contribution in [0.25, 0.3) is 0 Å². The number of furan rings is 1. The molecule has 37 heavy (non-hydrogen) atoms. The summed E-state index contributed by atoms with van der Waals surface area (Å²) in [6.07, 6.45) is 3.59. The Labute approximate surface area is 216 Å². The minimum absolute atomic E-state index is 0.0234. The van der Waals surface area contributed by atoms with E-state index in [0.717, 1.165) is 5.56 Å². The van der Waals surface area contributed by atoms with Gasteiger partial charge in [-0.3, -0.25) is 14.4 Å². The summed E-state index contributed by atoms with van der Waals surface area (Å²) in [4.78, 5) is 36.6. The third-order valence-electron chi connectivity index (χ3n) is 9.34. The Kier molecular flexibility index (Phi) is 6.65. The predicted molar refractivity (Wildman–Crippen MR) is 126 cm³/mol. The van der Waals surface area contributed by atoms with Crippen LogP contribution < -0.4 is 0 Å². The number of fused-ring (bicyclic) bond motifs is 3. The maximum atomic E-state index is 12.4. The Morgan fingerprint density at radius 1 is 1.05 bits per heavy atom. The molecule has 2 aliphatic heterocycles. The molecule has 3 heterocycles. The molecule has 2 aliphatic carbocycles. The monoisotopic (exact) mass is 520 g/mol. The van der Waals surface area contributed by atoms with Crippen molar-refractivity contribution in [1.82, 2.24) is 0 Å². The summed E-state index contributed by atoms with van der Waals surface area (Å²) in [6.45, 7) is 6.50. The van der Waals surface area contributed by atoms with Crippen LogP contribution in [0.3, 0.4) is 0 Å². The van der Waals surface area contributed by atoms with Crippen LogP contribution in [0.15, 0.2) is 23.0 Å². The van der Waals surface area contributed by atoms with E-state index in [9.17, 15) is 14.4 Å². The number of carbonyl (C=O) groups excluding carboxylic acids is 3. The van der Waals surface area contributed by atoms with Gasteiger partial charge in [0.25, 0.3) is 0 Å². The molecule has 204 valence electrons. The molecule has 0 bridgehead atoms. The first kappa shape index (κ1) is 26.2. The molecule has 0 unspecified atom stereocenters. The van der Waals surface area contributed by atoms with Gasteiger partial charge in [-0.1, -0.05) is 6.92 Å². The van der Waals surface area contributed by atoms with Gasteiger partial charge in [0.15, 0.2) is 6.29 Å². The van der Waals surface area contributed by atoms with E-state index in [0.29, 0.717) is 32.3 Å². The van der Waals surface area contributed by atoms with Crippen molar-refractivity contribution in [1.29, 1.82) is 0 Å². The first-order valence-corrected chi connectivity index (χ1v) is 12.9. The highest BCUT2D eigenvalue weighted by atomic mass is 16.7. The lowest BCUT2D eigenvalue weighted by molar-refractivity contribution is -0.282. The predicted octanol–water partition coefficient (Wildman–Crippen LogP) is 3.33. The van der Waals surface area contributed by atoms with Crippen LogP contribution in [0.4, 0.5) is 0 Å². The van der Waals surface area contributed by atoms with Crippen LogP contribution >= 0.6 is 0 Å². The minimum Gasteiger partial charge on any atom is -0.472 e. The summed E-state index contributed by atoms with van der Waals surface area (Å²) in [5.74, 6) is -1.46. The van der Waals surface area contributed by atoms with Gasteiger partial charge in [-0.15, -0.1) is 0 Å². The molecule has 0 radical (unpaired) electrons. The highest BCUT2D eigenvalue weighted by Crippen LogP contribution is 2.72. The number of hydrogen-bond donors (Lipinski definition) is 0. The molecular formula is C27H36O10. The van der Waals surface area contributed by atoms with E-state index >= 15 is 0 Å². The lowest BCUT2D eigenvalue weighted by Gasteiger charge is -2.64. The lowest BCUT2D eigenvalue weighted by atomic mass is 9.42. The summed E-state index contributed by atoms with van der Waals surface area (Å²) in [5, 5.41) is 0. The molecule has 0 N–H and O–H groups in total. The average molecular weight is 521 g/mol. The number of rotatable bonds is 6. The first-order chi connectivity index (χ1) is 17.6. The van der Waals surface area contributed by atoms with Gasteiger partial charge in [0.1, 0.15) is 24.4 Å². The smallest absolute Gasteiger partial charge is 0.303 e. The number of carbonyl (C=O) groups is 3. The molecule has 5 rings (SSSR count). The fourth-order valence-corrected chi connectivity index (χ4v) is 7.93. The van der Waals surface area contributed by atoms with Gasteiger partial charge in [-0.2, -0.15) is 0 Å². The summed E-state index contributed by atoms with van der Waals surface area (Å²) >= 11 is 0. The zero-order valence-electron chi connectivity index (χ0n) is 22.0. The van der Waals surface area contributed by atoms with Crippen LogP contribution in [0.2, 0.25) is 0 Å². The van der Waals surface area contributed by atoms with Crippen LogP contribution in [-0.2, 0) is 42.8 Å². The van der Waals surface area contributed by atoms with Gasteiger partial charge in [0.05, 0.1) is 30.7 Å². The molecule has 2 spiro atoms. The molecule has 4 aliphatic rings. The molecule has 2 saturated carbocycles. The van der Waals surface area contributed by atoms with E-state index in [2.05, 4.69) is 6.92 Å². The normalized spacial score (nSPS) is 42.3. The molecule has 0 amide bonds. The van der Waals surface area contributed by atoms with Gasteiger partial charge in [-0.25, -0.2) is 0 Å². The standard InChI is InChI=1S/C27H36O10/c1-15-10-23(36-18(4)30)26(13-33-16(2)28)21(6-7-22(35-17(3)29)27(26)14-34-27)25(15)11-20(37-24(25)31-5)19-8-9-32-12-19/h8-9,12,15,20-24H,6-7,10-11,13-14H2,1-5H3/t15-,20+,21-,22+,23+,24-,25-,26+,27-/m1/s1. The molecule has 10 heteroatoms. The van der Waals surface area contributed by atoms with E-state index in [-0.39, 0.29) is 24.5 Å². The van der Waals surface area contributed by atoms with Gasteiger partial charge in [0, 0.05) is 38.9 Å². The number of hydrogen-bond acceptors (Lipinski definition) is 10. The maximum absolute atomic E-state index is 12.4. The van der Waals surface area contributed by atoms with Crippen LogP contribution in [0.1, 0.15) is 65.0 Å². The maximum Gasteiger partial charge on any atom is 0.303 e. The van der Waals surface area contributed by atoms with Gasteiger partial charge < -0.3 is 32.8 Å². The third-order valence-corrected chi connectivity index (χ3v) is 9.34. The molecule has 1 aromatic rings. The van der Waals surface area contributed by atoms with E-state index in [4.69, 9.17) is 32.8 Å². The van der Waals surface area contributed by atoms with Crippen molar-refractivity contribution in [2.75, 3.05) is 20.3 Å². The second-order valence-corrected chi connectivity index (χ2v) is 11.0. The number of methoxy groups -OCH3 is 1. The highest BCUT2D eigenvalue weighted by molar-refractivity contribution is 5.67. The quantitative estimate of drug-likeness (QED) is 0.313. The topological polar surface area (TPSA) is 123 Å². The molecular weight excluding hydrogens is 484 g/mol. The Morgan fingerprint density at radius 3 is 2.32 bits per heavy atom. The fraction of sp³-hybridized carbons (Fsp3) is 0.741. The Morgan fingerprint density at radius 2 is 1.76 bits per heavy atom. The van der Waals surface area contributed by atoms with Gasteiger partial charge >= 0.3 is 17.9 Å². The van der Waals surface area contributed by atoms with Crippen molar-refractivity contribution in [3.8, 4) is 0 Å². The lowest BCUT2D eigenvalue weighted by Crippen LogP contribution is -2.72. The summed E-state index contributed by atoms with van der Waals surface area (Å²) in [6, 6.07) is 1.89. The third kappa shape index (κ3) is 3.90. The van der Waals surface area contributed by atoms with E-state index in [1.807, 2.05) is 6.07 Å². The van der Waals surface area contributed by atoms with Crippen molar-refractivity contribution in [3.05, 3.63) is 24.2 Å². The van der Waals surface area contributed by atoms with Crippen molar-refractivity contribution in [2.24, 2.45) is 22.7 Å². The van der Waals surface area contributed by atoms with Crippen LogP contribution in [-0.4, -0.2) is 62.3 Å². The molecule has 2 saturated heterocycles.